The first-order valence-corrected chi connectivity index (χ1v) is 7.93. The number of benzene rings is 2. The quantitative estimate of drug-likeness (QED) is 0.629. The van der Waals surface area contributed by atoms with Gasteiger partial charge in [0, 0.05) is 13.6 Å². The summed E-state index contributed by atoms with van der Waals surface area (Å²) in [6, 6.07) is 9.55. The van der Waals surface area contributed by atoms with Gasteiger partial charge in [-0.25, -0.2) is 4.79 Å². The van der Waals surface area contributed by atoms with E-state index >= 15 is 0 Å². The van der Waals surface area contributed by atoms with Gasteiger partial charge in [0.25, 0.3) is 5.91 Å². The molecule has 2 aromatic rings. The van der Waals surface area contributed by atoms with E-state index in [1.165, 1.54) is 12.1 Å². The largest absolute Gasteiger partial charge is 0.478 e. The van der Waals surface area contributed by atoms with Crippen molar-refractivity contribution in [2.45, 2.75) is 0 Å². The van der Waals surface area contributed by atoms with Crippen LogP contribution in [0.5, 0.6) is 0 Å². The highest BCUT2D eigenvalue weighted by atomic mass is 127. The van der Waals surface area contributed by atoms with Crippen molar-refractivity contribution < 1.29 is 14.7 Å². The topological polar surface area (TPSA) is 66.4 Å². The molecule has 0 aliphatic heterocycles. The Hall–Kier alpha value is -1.12. The number of aromatic carboxylic acids is 1. The Balaban J connectivity index is 2.36. The Kier molecular flexibility index (Phi) is 5.23. The van der Waals surface area contributed by atoms with Crippen LogP contribution in [0.1, 0.15) is 20.7 Å². The minimum atomic E-state index is -1.12. The van der Waals surface area contributed by atoms with Crippen molar-refractivity contribution in [1.29, 1.82) is 0 Å². The number of carboxylic acid groups (broad SMARTS) is 1. The first kappa shape index (κ1) is 16.3. The van der Waals surface area contributed by atoms with Gasteiger partial charge < -0.3 is 10.4 Å². The predicted octanol–water partition coefficient (Wildman–Crippen LogP) is 4.66. The molecule has 0 bridgehead atoms. The van der Waals surface area contributed by atoms with Crippen molar-refractivity contribution in [2.24, 2.45) is 0 Å². The van der Waals surface area contributed by atoms with Crippen LogP contribution in [0.2, 0.25) is 5.02 Å². The summed E-state index contributed by atoms with van der Waals surface area (Å²) in [6.07, 6.45) is 0. The summed E-state index contributed by atoms with van der Waals surface area (Å²) in [5, 5.41) is 12.2. The highest BCUT2D eigenvalue weighted by Gasteiger charge is 2.16. The van der Waals surface area contributed by atoms with Crippen molar-refractivity contribution in [3.8, 4) is 0 Å². The summed E-state index contributed by atoms with van der Waals surface area (Å²) in [7, 11) is 0. The number of carbonyl (C=O) groups is 2. The normalized spacial score (nSPS) is 10.2. The second-order valence-electron chi connectivity index (χ2n) is 4.05. The van der Waals surface area contributed by atoms with Gasteiger partial charge in [0.15, 0.2) is 0 Å². The van der Waals surface area contributed by atoms with Crippen LogP contribution in [0.25, 0.3) is 0 Å². The predicted molar refractivity (Wildman–Crippen MR) is 93.2 cm³/mol. The maximum atomic E-state index is 12.2. The Morgan fingerprint density at radius 3 is 2.57 bits per heavy atom. The van der Waals surface area contributed by atoms with E-state index in [0.29, 0.717) is 15.1 Å². The van der Waals surface area contributed by atoms with Gasteiger partial charge in [-0.2, -0.15) is 0 Å². The number of hydrogen-bond donors (Lipinski definition) is 2. The molecule has 0 radical (unpaired) electrons. The van der Waals surface area contributed by atoms with E-state index in [9.17, 15) is 9.59 Å². The van der Waals surface area contributed by atoms with E-state index in [2.05, 4.69) is 43.8 Å². The molecule has 0 saturated heterocycles. The van der Waals surface area contributed by atoms with Crippen LogP contribution in [0.3, 0.4) is 0 Å². The maximum absolute atomic E-state index is 12.2. The minimum Gasteiger partial charge on any atom is -0.478 e. The summed E-state index contributed by atoms with van der Waals surface area (Å²) in [4.78, 5) is 23.4. The lowest BCUT2D eigenvalue weighted by Crippen LogP contribution is -2.15. The van der Waals surface area contributed by atoms with E-state index in [1.54, 1.807) is 24.3 Å². The Morgan fingerprint density at radius 1 is 1.24 bits per heavy atom. The van der Waals surface area contributed by atoms with Crippen LogP contribution in [0.15, 0.2) is 40.9 Å². The summed E-state index contributed by atoms with van der Waals surface area (Å²) in [5.41, 5.74) is 0.575. The smallest absolute Gasteiger partial charge is 0.337 e. The third kappa shape index (κ3) is 3.75. The Morgan fingerprint density at radius 2 is 1.95 bits per heavy atom. The third-order valence-electron chi connectivity index (χ3n) is 2.66. The fourth-order valence-electron chi connectivity index (χ4n) is 1.65. The number of rotatable bonds is 3. The maximum Gasteiger partial charge on any atom is 0.337 e. The fourth-order valence-corrected chi connectivity index (χ4v) is 2.63. The number of carboxylic acids is 1. The average molecular weight is 480 g/mol. The summed E-state index contributed by atoms with van der Waals surface area (Å²) in [5.74, 6) is -1.55. The molecule has 108 valence electrons. The Labute approximate surface area is 147 Å². The van der Waals surface area contributed by atoms with Crippen LogP contribution >= 0.6 is 50.1 Å². The molecule has 0 spiro atoms. The zero-order valence-corrected chi connectivity index (χ0v) is 14.9. The molecule has 0 saturated carbocycles. The number of anilines is 1. The minimum absolute atomic E-state index is 0.00864. The molecule has 2 N–H and O–H groups in total. The van der Waals surface area contributed by atoms with Gasteiger partial charge in [0.2, 0.25) is 0 Å². The molecule has 0 atom stereocenters. The fraction of sp³-hybridized carbons (Fsp3) is 0. The number of carbonyl (C=O) groups excluding carboxylic acids is 1. The SMILES string of the molecule is O=C(Nc1c(Br)cccc1C(=O)O)c1ccc(I)c(Cl)c1. The standard InChI is InChI=1S/C14H8BrClINO3/c15-9-3-1-2-8(14(20)21)12(9)18-13(19)7-4-5-11(17)10(16)6-7/h1-6H,(H,18,19)(H,20,21). The summed E-state index contributed by atoms with van der Waals surface area (Å²) >= 11 is 11.3. The first-order chi connectivity index (χ1) is 9.90. The van der Waals surface area contributed by atoms with E-state index < -0.39 is 11.9 Å². The molecule has 0 unspecified atom stereocenters. The van der Waals surface area contributed by atoms with Gasteiger partial charge in [-0.3, -0.25) is 4.79 Å². The molecular weight excluding hydrogens is 472 g/mol. The number of nitrogens with one attached hydrogen (secondary N) is 1. The number of hydrogen-bond acceptors (Lipinski definition) is 2. The highest BCUT2D eigenvalue weighted by molar-refractivity contribution is 14.1. The molecule has 7 heteroatoms. The zero-order chi connectivity index (χ0) is 15.6. The molecule has 4 nitrogen and oxygen atoms in total. The second-order valence-corrected chi connectivity index (χ2v) is 6.47. The van der Waals surface area contributed by atoms with Crippen molar-refractivity contribution in [3.63, 3.8) is 0 Å². The second kappa shape index (κ2) is 6.76. The van der Waals surface area contributed by atoms with Crippen LogP contribution in [-0.2, 0) is 0 Å². The monoisotopic (exact) mass is 479 g/mol. The van der Waals surface area contributed by atoms with Crippen LogP contribution in [-0.4, -0.2) is 17.0 Å². The first-order valence-electron chi connectivity index (χ1n) is 5.68. The highest BCUT2D eigenvalue weighted by Crippen LogP contribution is 2.27. The van der Waals surface area contributed by atoms with Gasteiger partial charge in [-0.15, -0.1) is 0 Å². The van der Waals surface area contributed by atoms with Crippen LogP contribution in [0.4, 0.5) is 5.69 Å². The molecule has 21 heavy (non-hydrogen) atoms. The third-order valence-corrected chi connectivity index (χ3v) is 4.90. The molecule has 0 heterocycles. The number of para-hydroxylation sites is 1. The summed E-state index contributed by atoms with van der Waals surface area (Å²) in [6.45, 7) is 0. The molecular formula is C14H8BrClINO3. The summed E-state index contributed by atoms with van der Waals surface area (Å²) < 4.78 is 1.32. The molecule has 2 rings (SSSR count). The zero-order valence-electron chi connectivity index (χ0n) is 10.4. The lowest BCUT2D eigenvalue weighted by molar-refractivity contribution is 0.0698. The van der Waals surface area contributed by atoms with Gasteiger partial charge in [0.05, 0.1) is 16.3 Å². The number of halogens is 3. The average Bonchev–Trinajstić information content (AvgIpc) is 2.43. The van der Waals surface area contributed by atoms with Gasteiger partial charge in [-0.05, 0) is 68.9 Å². The van der Waals surface area contributed by atoms with Crippen LogP contribution < -0.4 is 5.32 Å². The van der Waals surface area contributed by atoms with E-state index in [4.69, 9.17) is 16.7 Å². The molecule has 0 aliphatic carbocycles. The Bertz CT molecular complexity index is 736. The lowest BCUT2D eigenvalue weighted by Gasteiger charge is -2.11. The van der Waals surface area contributed by atoms with Crippen LogP contribution in [0, 0.1) is 3.57 Å². The van der Waals surface area contributed by atoms with Gasteiger partial charge >= 0.3 is 5.97 Å². The van der Waals surface area contributed by atoms with Crippen molar-refractivity contribution in [2.75, 3.05) is 5.32 Å². The van der Waals surface area contributed by atoms with E-state index in [0.717, 1.165) is 3.57 Å². The lowest BCUT2D eigenvalue weighted by atomic mass is 10.1. The van der Waals surface area contributed by atoms with E-state index in [1.807, 2.05) is 0 Å². The molecule has 0 aromatic heterocycles. The van der Waals surface area contributed by atoms with Crippen molar-refractivity contribution >= 4 is 67.7 Å². The van der Waals surface area contributed by atoms with Crippen molar-refractivity contribution in [3.05, 3.63) is 60.6 Å². The molecule has 0 fully saturated rings. The molecule has 1 amide bonds. The van der Waals surface area contributed by atoms with Gasteiger partial charge in [0.1, 0.15) is 0 Å². The van der Waals surface area contributed by atoms with E-state index in [-0.39, 0.29) is 11.3 Å². The van der Waals surface area contributed by atoms with Gasteiger partial charge in [-0.1, -0.05) is 17.7 Å². The molecule has 0 aliphatic rings. The van der Waals surface area contributed by atoms with Crippen molar-refractivity contribution in [1.82, 2.24) is 0 Å². The number of amides is 1. The molecule has 2 aromatic carbocycles.